The monoisotopic (exact) mass is 415 g/mol. The number of pyridine rings is 1. The smallest absolute Gasteiger partial charge is 0.343 e. The summed E-state index contributed by atoms with van der Waals surface area (Å²) in [5.41, 5.74) is 6.14. The van der Waals surface area contributed by atoms with Crippen LogP contribution in [0.25, 0.3) is 0 Å². The Morgan fingerprint density at radius 2 is 1.58 bits per heavy atom. The number of carbonyl (C=O) groups is 2. The fourth-order valence-electron chi connectivity index (χ4n) is 2.73. The van der Waals surface area contributed by atoms with Gasteiger partial charge in [0.1, 0.15) is 5.75 Å². The summed E-state index contributed by atoms with van der Waals surface area (Å²) in [6.45, 7) is 8.21. The molecular weight excluding hydrogens is 390 g/mol. The highest BCUT2D eigenvalue weighted by Gasteiger charge is 2.15. The van der Waals surface area contributed by atoms with Crippen LogP contribution in [0.1, 0.15) is 58.3 Å². The van der Waals surface area contributed by atoms with Gasteiger partial charge < -0.3 is 4.74 Å². The minimum absolute atomic E-state index is 0.0241. The van der Waals surface area contributed by atoms with Gasteiger partial charge >= 0.3 is 5.97 Å². The van der Waals surface area contributed by atoms with Gasteiger partial charge in [-0.1, -0.05) is 32.9 Å². The number of aromatic nitrogens is 1. The normalized spacial score (nSPS) is 11.4. The molecule has 0 aliphatic heterocycles. The maximum Gasteiger partial charge on any atom is 0.343 e. The second kappa shape index (κ2) is 9.34. The quantitative estimate of drug-likeness (QED) is 0.284. The van der Waals surface area contributed by atoms with Crippen molar-refractivity contribution in [3.63, 3.8) is 0 Å². The predicted octanol–water partition coefficient (Wildman–Crippen LogP) is 4.67. The molecule has 1 heterocycles. The molecule has 0 spiro atoms. The fourth-order valence-corrected chi connectivity index (χ4v) is 2.73. The van der Waals surface area contributed by atoms with Gasteiger partial charge in [0.05, 0.1) is 17.3 Å². The molecule has 0 fully saturated rings. The zero-order valence-corrected chi connectivity index (χ0v) is 18.0. The SMILES string of the molecule is Cc1ccc(C(=O)NN=Cc2ccc(OC(=O)c3ccc(C(C)(C)C)cc3)cc2)cn1. The number of hydrogen-bond donors (Lipinski definition) is 1. The molecule has 3 aromatic rings. The summed E-state index contributed by atoms with van der Waals surface area (Å²) in [4.78, 5) is 28.5. The number of carbonyl (C=O) groups excluding carboxylic acids is 2. The Hall–Kier alpha value is -3.80. The molecule has 6 nitrogen and oxygen atoms in total. The molecule has 31 heavy (non-hydrogen) atoms. The summed E-state index contributed by atoms with van der Waals surface area (Å²) >= 11 is 0. The van der Waals surface area contributed by atoms with Crippen molar-refractivity contribution < 1.29 is 14.3 Å². The number of ether oxygens (including phenoxy) is 1. The number of benzene rings is 2. The third-order valence-corrected chi connectivity index (χ3v) is 4.63. The minimum Gasteiger partial charge on any atom is -0.423 e. The van der Waals surface area contributed by atoms with Gasteiger partial charge in [-0.15, -0.1) is 0 Å². The molecule has 1 amide bonds. The average molecular weight is 415 g/mol. The van der Waals surface area contributed by atoms with E-state index in [1.807, 2.05) is 19.1 Å². The third kappa shape index (κ3) is 6.09. The van der Waals surface area contributed by atoms with E-state index >= 15 is 0 Å². The van der Waals surface area contributed by atoms with Crippen molar-refractivity contribution in [2.45, 2.75) is 33.1 Å². The molecule has 0 saturated heterocycles. The van der Waals surface area contributed by atoms with Crippen LogP contribution in [0.4, 0.5) is 0 Å². The van der Waals surface area contributed by atoms with Gasteiger partial charge in [-0.25, -0.2) is 10.2 Å². The van der Waals surface area contributed by atoms with Gasteiger partial charge in [0.2, 0.25) is 0 Å². The van der Waals surface area contributed by atoms with E-state index in [0.29, 0.717) is 16.9 Å². The molecule has 1 N–H and O–H groups in total. The Labute approximate surface area is 182 Å². The first-order chi connectivity index (χ1) is 14.7. The van der Waals surface area contributed by atoms with Crippen molar-refractivity contribution in [1.82, 2.24) is 10.4 Å². The zero-order chi connectivity index (χ0) is 22.4. The topological polar surface area (TPSA) is 80.6 Å². The number of esters is 1. The lowest BCUT2D eigenvalue weighted by atomic mass is 9.87. The maximum absolute atomic E-state index is 12.4. The summed E-state index contributed by atoms with van der Waals surface area (Å²) in [6, 6.07) is 17.7. The van der Waals surface area contributed by atoms with Crippen molar-refractivity contribution in [1.29, 1.82) is 0 Å². The predicted molar refractivity (Wildman–Crippen MR) is 121 cm³/mol. The van der Waals surface area contributed by atoms with E-state index in [1.165, 1.54) is 12.4 Å². The third-order valence-electron chi connectivity index (χ3n) is 4.63. The van der Waals surface area contributed by atoms with E-state index < -0.39 is 5.97 Å². The highest BCUT2D eigenvalue weighted by atomic mass is 16.5. The van der Waals surface area contributed by atoms with Crippen LogP contribution in [0.5, 0.6) is 5.75 Å². The van der Waals surface area contributed by atoms with Crippen molar-refractivity contribution in [3.8, 4) is 5.75 Å². The Bertz CT molecular complexity index is 1080. The standard InChI is InChI=1S/C25H25N3O3/c1-17-5-8-20(16-26-17)23(29)28-27-15-18-6-13-22(14-7-18)31-24(30)19-9-11-21(12-10-19)25(2,3)4/h5-16H,1-4H3,(H,28,29). The molecule has 0 atom stereocenters. The highest BCUT2D eigenvalue weighted by molar-refractivity contribution is 5.94. The van der Waals surface area contributed by atoms with Crippen LogP contribution in [0.15, 0.2) is 72.0 Å². The molecule has 2 aromatic carbocycles. The summed E-state index contributed by atoms with van der Waals surface area (Å²) in [5.74, 6) is -0.329. The number of nitrogens with zero attached hydrogens (tertiary/aromatic N) is 2. The molecule has 0 radical (unpaired) electrons. The Morgan fingerprint density at radius 3 is 2.16 bits per heavy atom. The molecule has 6 heteroatoms. The van der Waals surface area contributed by atoms with E-state index in [1.54, 1.807) is 48.5 Å². The first-order valence-electron chi connectivity index (χ1n) is 9.91. The van der Waals surface area contributed by atoms with E-state index in [0.717, 1.165) is 16.8 Å². The lowest BCUT2D eigenvalue weighted by Gasteiger charge is -2.18. The van der Waals surface area contributed by atoms with Gasteiger partial charge in [0.15, 0.2) is 0 Å². The van der Waals surface area contributed by atoms with E-state index in [-0.39, 0.29) is 11.3 Å². The minimum atomic E-state index is -0.416. The van der Waals surface area contributed by atoms with Crippen LogP contribution in [0.2, 0.25) is 0 Å². The highest BCUT2D eigenvalue weighted by Crippen LogP contribution is 2.22. The lowest BCUT2D eigenvalue weighted by Crippen LogP contribution is -2.17. The molecule has 0 bridgehead atoms. The van der Waals surface area contributed by atoms with Gasteiger partial charge in [0, 0.05) is 11.9 Å². The molecule has 1 aromatic heterocycles. The second-order valence-electron chi connectivity index (χ2n) is 8.17. The number of hydrazone groups is 1. The summed E-state index contributed by atoms with van der Waals surface area (Å²) < 4.78 is 5.43. The molecular formula is C25H25N3O3. The van der Waals surface area contributed by atoms with Crippen LogP contribution < -0.4 is 10.2 Å². The van der Waals surface area contributed by atoms with Crippen molar-refractivity contribution in [2.24, 2.45) is 5.10 Å². The summed E-state index contributed by atoms with van der Waals surface area (Å²) in [7, 11) is 0. The van der Waals surface area contributed by atoms with E-state index in [2.05, 4.69) is 36.3 Å². The van der Waals surface area contributed by atoms with E-state index in [4.69, 9.17) is 4.74 Å². The maximum atomic E-state index is 12.4. The molecule has 0 saturated carbocycles. The van der Waals surface area contributed by atoms with Gasteiger partial charge in [-0.2, -0.15) is 5.10 Å². The van der Waals surface area contributed by atoms with Gasteiger partial charge in [-0.05, 0) is 72.0 Å². The average Bonchev–Trinajstić information content (AvgIpc) is 2.75. The molecule has 0 aliphatic rings. The Balaban J connectivity index is 1.56. The zero-order valence-electron chi connectivity index (χ0n) is 18.0. The van der Waals surface area contributed by atoms with Gasteiger partial charge in [0.25, 0.3) is 5.91 Å². The largest absolute Gasteiger partial charge is 0.423 e. The molecule has 0 unspecified atom stereocenters. The van der Waals surface area contributed by atoms with Crippen LogP contribution >= 0.6 is 0 Å². The van der Waals surface area contributed by atoms with Crippen LogP contribution in [0.3, 0.4) is 0 Å². The van der Waals surface area contributed by atoms with Crippen LogP contribution in [0, 0.1) is 6.92 Å². The van der Waals surface area contributed by atoms with Crippen LogP contribution in [-0.2, 0) is 5.41 Å². The molecule has 3 rings (SSSR count). The Morgan fingerprint density at radius 1 is 0.935 bits per heavy atom. The van der Waals surface area contributed by atoms with Gasteiger partial charge in [-0.3, -0.25) is 9.78 Å². The fraction of sp³-hybridized carbons (Fsp3) is 0.200. The Kier molecular flexibility index (Phi) is 6.60. The van der Waals surface area contributed by atoms with Crippen LogP contribution in [-0.4, -0.2) is 23.1 Å². The number of rotatable bonds is 5. The van der Waals surface area contributed by atoms with Crippen molar-refractivity contribution in [3.05, 3.63) is 94.8 Å². The first-order valence-corrected chi connectivity index (χ1v) is 9.91. The van der Waals surface area contributed by atoms with E-state index in [9.17, 15) is 9.59 Å². The number of amides is 1. The number of nitrogens with one attached hydrogen (secondary N) is 1. The number of hydrogen-bond acceptors (Lipinski definition) is 5. The lowest BCUT2D eigenvalue weighted by molar-refractivity contribution is 0.0734. The molecule has 0 aliphatic carbocycles. The summed E-state index contributed by atoms with van der Waals surface area (Å²) in [6.07, 6.45) is 3.01. The number of aryl methyl sites for hydroxylation is 1. The van der Waals surface area contributed by atoms with Crippen molar-refractivity contribution >= 4 is 18.1 Å². The first kappa shape index (κ1) is 21.9. The summed E-state index contributed by atoms with van der Waals surface area (Å²) in [5, 5.41) is 3.95. The second-order valence-corrected chi connectivity index (χ2v) is 8.17. The van der Waals surface area contributed by atoms with Crippen molar-refractivity contribution in [2.75, 3.05) is 0 Å². The molecule has 158 valence electrons.